The van der Waals surface area contributed by atoms with Crippen LogP contribution in [0.3, 0.4) is 0 Å². The fourth-order valence-corrected chi connectivity index (χ4v) is 1.98. The minimum absolute atomic E-state index is 0.0893. The molecular formula is C15H14F3NO2. The Labute approximate surface area is 120 Å². The van der Waals surface area contributed by atoms with Crippen molar-refractivity contribution in [2.24, 2.45) is 0 Å². The van der Waals surface area contributed by atoms with Crippen molar-refractivity contribution in [2.75, 3.05) is 6.61 Å². The summed E-state index contributed by atoms with van der Waals surface area (Å²) in [6.45, 7) is 1.35. The van der Waals surface area contributed by atoms with Crippen LogP contribution in [0, 0.1) is 18.8 Å². The topological polar surface area (TPSA) is 49.3 Å². The van der Waals surface area contributed by atoms with Crippen LogP contribution in [0.2, 0.25) is 0 Å². The summed E-state index contributed by atoms with van der Waals surface area (Å²) in [5.41, 5.74) is -0.974. The Bertz CT molecular complexity index is 622. The molecule has 0 aromatic heterocycles. The van der Waals surface area contributed by atoms with E-state index in [2.05, 4.69) is 17.2 Å². The SMILES string of the molecule is Cc1ccc(C#CCO)c(C(=O)NC2(C(F)(F)F)CC2)c1. The predicted octanol–water partition coefficient (Wildman–Crippen LogP) is 2.16. The van der Waals surface area contributed by atoms with E-state index in [1.807, 2.05) is 0 Å². The second-order valence-corrected chi connectivity index (χ2v) is 5.04. The van der Waals surface area contributed by atoms with Gasteiger partial charge in [0.15, 0.2) is 0 Å². The summed E-state index contributed by atoms with van der Waals surface area (Å²) in [7, 11) is 0. The van der Waals surface area contributed by atoms with Gasteiger partial charge in [-0.15, -0.1) is 0 Å². The monoisotopic (exact) mass is 297 g/mol. The van der Waals surface area contributed by atoms with Crippen molar-refractivity contribution in [3.63, 3.8) is 0 Å². The molecule has 0 saturated heterocycles. The van der Waals surface area contributed by atoms with Crippen LogP contribution in [0.15, 0.2) is 18.2 Å². The van der Waals surface area contributed by atoms with Crippen molar-refractivity contribution in [3.05, 3.63) is 34.9 Å². The van der Waals surface area contributed by atoms with Gasteiger partial charge in [-0.1, -0.05) is 23.5 Å². The second kappa shape index (κ2) is 5.41. The smallest absolute Gasteiger partial charge is 0.384 e. The Morgan fingerprint density at radius 3 is 2.62 bits per heavy atom. The van der Waals surface area contributed by atoms with Gasteiger partial charge in [0.2, 0.25) is 0 Å². The molecule has 1 amide bonds. The van der Waals surface area contributed by atoms with Gasteiger partial charge in [0.25, 0.3) is 5.91 Å². The maximum Gasteiger partial charge on any atom is 0.411 e. The Morgan fingerprint density at radius 2 is 2.10 bits per heavy atom. The number of hydrogen-bond donors (Lipinski definition) is 2. The molecule has 0 unspecified atom stereocenters. The van der Waals surface area contributed by atoms with Gasteiger partial charge in [-0.3, -0.25) is 4.79 Å². The number of carbonyl (C=O) groups excluding carboxylic acids is 1. The van der Waals surface area contributed by atoms with Gasteiger partial charge in [0, 0.05) is 5.56 Å². The number of nitrogens with one attached hydrogen (secondary N) is 1. The fourth-order valence-electron chi connectivity index (χ4n) is 1.98. The lowest BCUT2D eigenvalue weighted by atomic mass is 10.0. The first-order valence-electron chi connectivity index (χ1n) is 6.39. The third kappa shape index (κ3) is 3.19. The lowest BCUT2D eigenvalue weighted by Gasteiger charge is -2.21. The Hall–Kier alpha value is -2.00. The second-order valence-electron chi connectivity index (χ2n) is 5.04. The highest BCUT2D eigenvalue weighted by molar-refractivity contribution is 5.97. The van der Waals surface area contributed by atoms with E-state index in [-0.39, 0.29) is 25.0 Å². The molecule has 2 N–H and O–H groups in total. The van der Waals surface area contributed by atoms with E-state index < -0.39 is 17.6 Å². The zero-order valence-electron chi connectivity index (χ0n) is 11.3. The molecule has 1 aromatic carbocycles. The van der Waals surface area contributed by atoms with Crippen molar-refractivity contribution < 1.29 is 23.1 Å². The van der Waals surface area contributed by atoms with Crippen LogP contribution in [0.4, 0.5) is 13.2 Å². The highest BCUT2D eigenvalue weighted by atomic mass is 19.4. The average molecular weight is 297 g/mol. The lowest BCUT2D eigenvalue weighted by Crippen LogP contribution is -2.48. The van der Waals surface area contributed by atoms with Gasteiger partial charge in [0.1, 0.15) is 12.1 Å². The van der Waals surface area contributed by atoms with Gasteiger partial charge < -0.3 is 10.4 Å². The summed E-state index contributed by atoms with van der Waals surface area (Å²) in [5.74, 6) is 4.17. The van der Waals surface area contributed by atoms with Crippen LogP contribution in [0.25, 0.3) is 0 Å². The normalized spacial score (nSPS) is 15.9. The minimum atomic E-state index is -4.45. The van der Waals surface area contributed by atoms with Gasteiger partial charge in [-0.2, -0.15) is 13.2 Å². The molecule has 0 atom stereocenters. The summed E-state index contributed by atoms with van der Waals surface area (Å²) >= 11 is 0. The van der Waals surface area contributed by atoms with E-state index in [4.69, 9.17) is 5.11 Å². The van der Waals surface area contributed by atoms with E-state index >= 15 is 0 Å². The van der Waals surface area contributed by atoms with Crippen LogP contribution < -0.4 is 5.32 Å². The molecule has 1 saturated carbocycles. The van der Waals surface area contributed by atoms with E-state index in [1.54, 1.807) is 19.1 Å². The number of aryl methyl sites for hydroxylation is 1. The summed E-state index contributed by atoms with van der Waals surface area (Å²) in [6, 6.07) is 4.75. The molecule has 6 heteroatoms. The Balaban J connectivity index is 2.29. The molecular weight excluding hydrogens is 283 g/mol. The first-order valence-corrected chi connectivity index (χ1v) is 6.39. The minimum Gasteiger partial charge on any atom is -0.384 e. The Morgan fingerprint density at radius 1 is 1.43 bits per heavy atom. The van der Waals surface area contributed by atoms with Gasteiger partial charge in [0.05, 0.1) is 5.56 Å². The summed E-state index contributed by atoms with van der Waals surface area (Å²) < 4.78 is 38.6. The maximum atomic E-state index is 12.9. The van der Waals surface area contributed by atoms with Crippen molar-refractivity contribution in [1.82, 2.24) is 5.32 Å². The molecule has 0 radical (unpaired) electrons. The molecule has 0 bridgehead atoms. The predicted molar refractivity (Wildman–Crippen MR) is 70.6 cm³/mol. The largest absolute Gasteiger partial charge is 0.411 e. The van der Waals surface area contributed by atoms with E-state index in [0.717, 1.165) is 5.56 Å². The molecule has 0 heterocycles. The molecule has 1 aromatic rings. The summed E-state index contributed by atoms with van der Waals surface area (Å²) in [4.78, 5) is 12.1. The first-order chi connectivity index (χ1) is 9.79. The first kappa shape index (κ1) is 15.4. The lowest BCUT2D eigenvalue weighted by molar-refractivity contribution is -0.163. The molecule has 21 heavy (non-hydrogen) atoms. The zero-order chi connectivity index (χ0) is 15.7. The van der Waals surface area contributed by atoms with Crippen LogP contribution in [-0.4, -0.2) is 29.3 Å². The molecule has 112 valence electrons. The van der Waals surface area contributed by atoms with Crippen LogP contribution >= 0.6 is 0 Å². The highest BCUT2D eigenvalue weighted by Crippen LogP contribution is 2.49. The number of aliphatic hydroxyl groups is 1. The maximum absolute atomic E-state index is 12.9. The number of amides is 1. The molecule has 1 aliphatic carbocycles. The molecule has 0 spiro atoms. The third-order valence-electron chi connectivity index (χ3n) is 3.37. The van der Waals surface area contributed by atoms with E-state index in [1.165, 1.54) is 6.07 Å². The average Bonchev–Trinajstić information content (AvgIpc) is 3.17. The highest BCUT2D eigenvalue weighted by Gasteiger charge is 2.64. The van der Waals surface area contributed by atoms with Gasteiger partial charge in [-0.05, 0) is 31.9 Å². The molecule has 2 rings (SSSR count). The van der Waals surface area contributed by atoms with Crippen molar-refractivity contribution >= 4 is 5.91 Å². The zero-order valence-corrected chi connectivity index (χ0v) is 11.3. The third-order valence-corrected chi connectivity index (χ3v) is 3.37. The van der Waals surface area contributed by atoms with Gasteiger partial charge >= 0.3 is 6.18 Å². The van der Waals surface area contributed by atoms with Crippen LogP contribution in [-0.2, 0) is 0 Å². The van der Waals surface area contributed by atoms with Crippen molar-refractivity contribution in [1.29, 1.82) is 0 Å². The van der Waals surface area contributed by atoms with E-state index in [9.17, 15) is 18.0 Å². The number of alkyl halides is 3. The number of hydrogen-bond acceptors (Lipinski definition) is 2. The number of halogens is 3. The number of benzene rings is 1. The number of aliphatic hydroxyl groups excluding tert-OH is 1. The van der Waals surface area contributed by atoms with Crippen LogP contribution in [0.1, 0.15) is 34.3 Å². The fraction of sp³-hybridized carbons (Fsp3) is 0.400. The summed E-state index contributed by atoms with van der Waals surface area (Å²) in [5, 5.41) is 10.8. The van der Waals surface area contributed by atoms with Gasteiger partial charge in [-0.25, -0.2) is 0 Å². The van der Waals surface area contributed by atoms with Crippen molar-refractivity contribution in [2.45, 2.75) is 31.5 Å². The molecule has 1 aliphatic rings. The van der Waals surface area contributed by atoms with Crippen LogP contribution in [0.5, 0.6) is 0 Å². The number of carbonyl (C=O) groups is 1. The molecule has 3 nitrogen and oxygen atoms in total. The molecule has 0 aliphatic heterocycles. The quantitative estimate of drug-likeness (QED) is 0.822. The number of rotatable bonds is 2. The molecule has 1 fully saturated rings. The van der Waals surface area contributed by atoms with Crippen molar-refractivity contribution in [3.8, 4) is 11.8 Å². The Kier molecular flexibility index (Phi) is 3.97. The summed E-state index contributed by atoms with van der Waals surface area (Å²) in [6.07, 6.45) is -4.67. The standard InChI is InChI=1S/C15H14F3NO2/c1-10-4-5-11(3-2-8-20)12(9-10)13(21)19-14(6-7-14)15(16,17)18/h4-5,9,20H,6-8H2,1H3,(H,19,21). The van der Waals surface area contributed by atoms with E-state index in [0.29, 0.717) is 5.56 Å².